The van der Waals surface area contributed by atoms with Crippen molar-refractivity contribution in [2.24, 2.45) is 0 Å². The van der Waals surface area contributed by atoms with Gasteiger partial charge in [-0.3, -0.25) is 0 Å². The van der Waals surface area contributed by atoms with Gasteiger partial charge in [0.1, 0.15) is 5.52 Å². The third kappa shape index (κ3) is 1.46. The number of hydrogen-bond donors (Lipinski definition) is 0. The Balaban J connectivity index is 2.26. The summed E-state index contributed by atoms with van der Waals surface area (Å²) in [4.78, 5) is 0. The number of benzene rings is 2. The van der Waals surface area contributed by atoms with Gasteiger partial charge in [0, 0.05) is 5.02 Å². The second kappa shape index (κ2) is 3.61. The van der Waals surface area contributed by atoms with Gasteiger partial charge in [0.15, 0.2) is 0 Å². The van der Waals surface area contributed by atoms with Crippen LogP contribution in [0, 0.1) is 6.07 Å². The minimum absolute atomic E-state index is 0.684. The Kier molecular flexibility index (Phi) is 2.11. The highest BCUT2D eigenvalue weighted by Crippen LogP contribution is 2.18. The van der Waals surface area contributed by atoms with Gasteiger partial charge < -0.3 is 0 Å². The molecule has 16 heavy (non-hydrogen) atoms. The summed E-state index contributed by atoms with van der Waals surface area (Å²) in [5.74, 6) is 0. The molecule has 1 aromatic heterocycles. The quantitative estimate of drug-likeness (QED) is 0.641. The highest BCUT2D eigenvalue weighted by molar-refractivity contribution is 6.30. The largest absolute Gasteiger partial charge is 0.213 e. The van der Waals surface area contributed by atoms with Crippen molar-refractivity contribution in [3.05, 3.63) is 53.6 Å². The maximum Gasteiger partial charge on any atom is 0.114 e. The molecule has 1 heterocycles. The fraction of sp³-hybridized carbons (Fsp3) is 0. The molecular formula is C12H7ClN3. The smallest absolute Gasteiger partial charge is 0.114 e. The molecule has 0 bridgehead atoms. The maximum atomic E-state index is 5.95. The third-order valence-corrected chi connectivity index (χ3v) is 2.58. The van der Waals surface area contributed by atoms with Crippen LogP contribution in [0.2, 0.25) is 5.02 Å². The molecule has 1 radical (unpaired) electrons. The Morgan fingerprint density at radius 2 is 2.19 bits per heavy atom. The van der Waals surface area contributed by atoms with Crippen LogP contribution in [0.5, 0.6) is 0 Å². The number of halogens is 1. The van der Waals surface area contributed by atoms with Gasteiger partial charge >= 0.3 is 0 Å². The number of fused-ring (bicyclic) bond motifs is 1. The number of hydrogen-bond acceptors (Lipinski definition) is 2. The highest BCUT2D eigenvalue weighted by Gasteiger charge is 2.05. The van der Waals surface area contributed by atoms with Crippen molar-refractivity contribution in [3.8, 4) is 5.69 Å². The van der Waals surface area contributed by atoms with Gasteiger partial charge in [-0.25, -0.2) is 4.68 Å². The average molecular weight is 229 g/mol. The second-order valence-electron chi connectivity index (χ2n) is 3.40. The molecule has 0 aliphatic heterocycles. The lowest BCUT2D eigenvalue weighted by molar-refractivity contribution is 0.824. The van der Waals surface area contributed by atoms with E-state index in [-0.39, 0.29) is 0 Å². The van der Waals surface area contributed by atoms with E-state index in [4.69, 9.17) is 11.6 Å². The molecule has 3 aromatic rings. The number of rotatable bonds is 1. The molecule has 0 aliphatic carbocycles. The van der Waals surface area contributed by atoms with Crippen LogP contribution in [-0.4, -0.2) is 15.0 Å². The van der Waals surface area contributed by atoms with Crippen molar-refractivity contribution in [2.45, 2.75) is 0 Å². The van der Waals surface area contributed by atoms with E-state index in [0.29, 0.717) is 5.02 Å². The lowest BCUT2D eigenvalue weighted by Crippen LogP contribution is -1.95. The molecule has 0 N–H and O–H groups in total. The van der Waals surface area contributed by atoms with Crippen molar-refractivity contribution in [2.75, 3.05) is 0 Å². The zero-order chi connectivity index (χ0) is 11.0. The number of aromatic nitrogens is 3. The van der Waals surface area contributed by atoms with Crippen LogP contribution in [0.3, 0.4) is 0 Å². The van der Waals surface area contributed by atoms with Crippen LogP contribution >= 0.6 is 11.6 Å². The molecule has 3 rings (SSSR count). The summed E-state index contributed by atoms with van der Waals surface area (Å²) in [5.41, 5.74) is 2.67. The van der Waals surface area contributed by atoms with Crippen molar-refractivity contribution in [3.63, 3.8) is 0 Å². The first-order chi connectivity index (χ1) is 7.84. The number of nitrogens with zero attached hydrogens (tertiary/aromatic N) is 3. The van der Waals surface area contributed by atoms with Crippen LogP contribution in [0.25, 0.3) is 16.7 Å². The zero-order valence-corrected chi connectivity index (χ0v) is 9.02. The summed E-state index contributed by atoms with van der Waals surface area (Å²) in [5, 5.41) is 8.84. The Bertz CT molecular complexity index is 645. The first-order valence-electron chi connectivity index (χ1n) is 4.82. The Morgan fingerprint density at radius 3 is 3.06 bits per heavy atom. The van der Waals surface area contributed by atoms with E-state index in [2.05, 4.69) is 16.4 Å². The van der Waals surface area contributed by atoms with Gasteiger partial charge in [-0.2, -0.15) is 0 Å². The van der Waals surface area contributed by atoms with E-state index in [1.807, 2.05) is 42.5 Å². The molecule has 77 valence electrons. The average Bonchev–Trinajstić information content (AvgIpc) is 2.72. The summed E-state index contributed by atoms with van der Waals surface area (Å²) in [6, 6.07) is 16.1. The lowest BCUT2D eigenvalue weighted by atomic mass is 10.3. The van der Waals surface area contributed by atoms with Crippen molar-refractivity contribution in [1.82, 2.24) is 15.0 Å². The molecule has 2 aromatic carbocycles. The molecule has 0 fully saturated rings. The van der Waals surface area contributed by atoms with Crippen LogP contribution in [0.1, 0.15) is 0 Å². The fourth-order valence-electron chi connectivity index (χ4n) is 1.61. The predicted molar refractivity (Wildman–Crippen MR) is 62.7 cm³/mol. The van der Waals surface area contributed by atoms with Gasteiger partial charge in [-0.05, 0) is 36.4 Å². The zero-order valence-electron chi connectivity index (χ0n) is 8.26. The molecule has 0 amide bonds. The fourth-order valence-corrected chi connectivity index (χ4v) is 1.80. The van der Waals surface area contributed by atoms with Gasteiger partial charge in [0.2, 0.25) is 0 Å². The molecule has 0 aliphatic rings. The predicted octanol–water partition coefficient (Wildman–Crippen LogP) is 2.87. The van der Waals surface area contributed by atoms with Gasteiger partial charge in [0.25, 0.3) is 0 Å². The normalized spacial score (nSPS) is 10.8. The van der Waals surface area contributed by atoms with Gasteiger partial charge in [-0.1, -0.05) is 28.9 Å². The minimum Gasteiger partial charge on any atom is -0.213 e. The molecule has 0 unspecified atom stereocenters. The summed E-state index contributed by atoms with van der Waals surface area (Å²) >= 11 is 5.95. The Labute approximate surface area is 97.3 Å². The van der Waals surface area contributed by atoms with E-state index in [1.165, 1.54) is 0 Å². The minimum atomic E-state index is 0.684. The first kappa shape index (κ1) is 9.36. The molecule has 0 saturated heterocycles. The molecule has 3 nitrogen and oxygen atoms in total. The van der Waals surface area contributed by atoms with E-state index < -0.39 is 0 Å². The topological polar surface area (TPSA) is 30.7 Å². The molecule has 0 saturated carbocycles. The van der Waals surface area contributed by atoms with Gasteiger partial charge in [-0.15, -0.1) is 5.10 Å². The molecular weight excluding hydrogens is 222 g/mol. The van der Waals surface area contributed by atoms with Crippen LogP contribution in [-0.2, 0) is 0 Å². The summed E-state index contributed by atoms with van der Waals surface area (Å²) in [6.07, 6.45) is 0. The molecule has 0 spiro atoms. The van der Waals surface area contributed by atoms with E-state index in [1.54, 1.807) is 4.68 Å². The highest BCUT2D eigenvalue weighted by atomic mass is 35.5. The summed E-state index contributed by atoms with van der Waals surface area (Å²) in [7, 11) is 0. The van der Waals surface area contributed by atoms with Crippen LogP contribution in [0.15, 0.2) is 42.5 Å². The van der Waals surface area contributed by atoms with E-state index >= 15 is 0 Å². The summed E-state index contributed by atoms with van der Waals surface area (Å²) < 4.78 is 1.76. The standard InChI is InChI=1S/C12H7ClN3/c13-9-4-3-5-10(8-9)16-12-7-2-1-6-11(12)14-15-16/h2-8H. The summed E-state index contributed by atoms with van der Waals surface area (Å²) in [6.45, 7) is 0. The Morgan fingerprint density at radius 1 is 1.25 bits per heavy atom. The van der Waals surface area contributed by atoms with Crippen molar-refractivity contribution >= 4 is 22.6 Å². The van der Waals surface area contributed by atoms with Crippen LogP contribution < -0.4 is 0 Å². The SMILES string of the molecule is Clc1cccc(-n2nnc3c[c]ccc32)c1. The van der Waals surface area contributed by atoms with E-state index in [9.17, 15) is 0 Å². The van der Waals surface area contributed by atoms with E-state index in [0.717, 1.165) is 16.7 Å². The molecule has 0 atom stereocenters. The van der Waals surface area contributed by atoms with Gasteiger partial charge in [0.05, 0.1) is 11.2 Å². The van der Waals surface area contributed by atoms with Crippen molar-refractivity contribution < 1.29 is 0 Å². The second-order valence-corrected chi connectivity index (χ2v) is 3.83. The maximum absolute atomic E-state index is 5.95. The lowest BCUT2D eigenvalue weighted by Gasteiger charge is -2.01. The third-order valence-electron chi connectivity index (χ3n) is 2.34. The Hall–Kier alpha value is -1.87. The first-order valence-corrected chi connectivity index (χ1v) is 5.20. The molecule has 4 heteroatoms. The van der Waals surface area contributed by atoms with Crippen molar-refractivity contribution in [1.29, 1.82) is 0 Å². The van der Waals surface area contributed by atoms with Crippen LogP contribution in [0.4, 0.5) is 0 Å². The monoisotopic (exact) mass is 228 g/mol.